The van der Waals surface area contributed by atoms with Gasteiger partial charge in [0.25, 0.3) is 0 Å². The molecule has 2 heteroatoms. The van der Waals surface area contributed by atoms with Gasteiger partial charge in [0, 0.05) is 8.75 Å². The smallest absolute Gasteiger partial charge is 0.0258 e. The molecule has 0 aromatic carbocycles. The second-order valence-electron chi connectivity index (χ2n) is 1.60. The molecule has 0 heterocycles. The third-order valence-corrected chi connectivity index (χ3v) is 4.19. The monoisotopic (exact) mass is 276 g/mol. The summed E-state index contributed by atoms with van der Waals surface area (Å²) >= 11 is 5.96. The van der Waals surface area contributed by atoms with Crippen molar-refractivity contribution in [2.75, 3.05) is 0 Å². The molecule has 2 atom stereocenters. The van der Waals surface area contributed by atoms with Crippen molar-refractivity contribution < 1.29 is 0 Å². The zero-order chi connectivity index (χ0) is 5.86. The van der Waals surface area contributed by atoms with Gasteiger partial charge in [-0.2, -0.15) is 0 Å². The number of rotatable bonds is 2. The Bertz CT molecular complexity index is 45.3. The Morgan fingerprint density at radius 2 is 2.14 bits per heavy atom. The SMILES string of the molecule is CCC(Br)C(C)I. The second kappa shape index (κ2) is 4.13. The van der Waals surface area contributed by atoms with E-state index in [-0.39, 0.29) is 0 Å². The summed E-state index contributed by atoms with van der Waals surface area (Å²) in [7, 11) is 0. The van der Waals surface area contributed by atoms with Crippen LogP contribution in [0.2, 0.25) is 0 Å². The molecule has 0 rings (SSSR count). The fourth-order valence-electron chi connectivity index (χ4n) is 0.325. The van der Waals surface area contributed by atoms with Crippen LogP contribution in [0.4, 0.5) is 0 Å². The molecule has 0 spiro atoms. The summed E-state index contributed by atoms with van der Waals surface area (Å²) in [5.74, 6) is 0. The zero-order valence-electron chi connectivity index (χ0n) is 4.62. The molecule has 0 fully saturated rings. The quantitative estimate of drug-likeness (QED) is 0.537. The summed E-state index contributed by atoms with van der Waals surface area (Å²) in [6.07, 6.45) is 1.23. The van der Waals surface area contributed by atoms with Gasteiger partial charge in [0.2, 0.25) is 0 Å². The predicted molar refractivity (Wildman–Crippen MR) is 46.5 cm³/mol. The second-order valence-corrected chi connectivity index (χ2v) is 4.74. The Hall–Kier alpha value is 1.21. The summed E-state index contributed by atoms with van der Waals surface area (Å²) in [5.41, 5.74) is 0. The molecule has 0 nitrogen and oxygen atoms in total. The molecule has 0 aliphatic carbocycles. The van der Waals surface area contributed by atoms with Crippen molar-refractivity contribution >= 4 is 38.5 Å². The molecule has 0 N–H and O–H groups in total. The standard InChI is InChI=1S/C5H10BrI/c1-3-5(6)4(2)7/h4-5H,3H2,1-2H3. The molecule has 0 aliphatic heterocycles. The van der Waals surface area contributed by atoms with E-state index in [0.717, 1.165) is 3.92 Å². The van der Waals surface area contributed by atoms with E-state index in [1.54, 1.807) is 0 Å². The lowest BCUT2D eigenvalue weighted by atomic mass is 10.3. The number of halogens is 2. The van der Waals surface area contributed by atoms with E-state index in [9.17, 15) is 0 Å². The van der Waals surface area contributed by atoms with Gasteiger partial charge in [-0.1, -0.05) is 52.4 Å². The minimum Gasteiger partial charge on any atom is -0.0880 e. The fourth-order valence-corrected chi connectivity index (χ4v) is 0.833. The molecule has 0 amide bonds. The van der Waals surface area contributed by atoms with Gasteiger partial charge in [0.1, 0.15) is 0 Å². The van der Waals surface area contributed by atoms with Crippen LogP contribution in [-0.4, -0.2) is 8.75 Å². The Labute approximate surface area is 67.3 Å². The van der Waals surface area contributed by atoms with Crippen molar-refractivity contribution in [2.45, 2.75) is 29.0 Å². The van der Waals surface area contributed by atoms with E-state index in [4.69, 9.17) is 0 Å². The molecule has 0 aromatic heterocycles. The van der Waals surface area contributed by atoms with Crippen LogP contribution in [0.15, 0.2) is 0 Å². The molecule has 0 bridgehead atoms. The van der Waals surface area contributed by atoms with Crippen LogP contribution in [-0.2, 0) is 0 Å². The van der Waals surface area contributed by atoms with Crippen molar-refractivity contribution in [3.8, 4) is 0 Å². The number of hydrogen-bond donors (Lipinski definition) is 0. The highest BCUT2D eigenvalue weighted by Gasteiger charge is 2.05. The van der Waals surface area contributed by atoms with Gasteiger partial charge < -0.3 is 0 Å². The maximum atomic E-state index is 3.53. The first-order valence-electron chi connectivity index (χ1n) is 2.46. The van der Waals surface area contributed by atoms with Crippen LogP contribution in [0.5, 0.6) is 0 Å². The first-order valence-corrected chi connectivity index (χ1v) is 4.62. The van der Waals surface area contributed by atoms with Gasteiger partial charge in [0.15, 0.2) is 0 Å². The number of hydrogen-bond acceptors (Lipinski definition) is 0. The lowest BCUT2D eigenvalue weighted by Gasteiger charge is -2.06. The maximum absolute atomic E-state index is 3.53. The van der Waals surface area contributed by atoms with Gasteiger partial charge in [-0.05, 0) is 6.42 Å². The molecular weight excluding hydrogens is 267 g/mol. The van der Waals surface area contributed by atoms with Gasteiger partial charge in [0.05, 0.1) is 0 Å². The van der Waals surface area contributed by atoms with Crippen LogP contribution in [0.1, 0.15) is 20.3 Å². The van der Waals surface area contributed by atoms with Crippen LogP contribution >= 0.6 is 38.5 Å². The molecule has 0 aliphatic rings. The Morgan fingerprint density at radius 3 is 2.14 bits per heavy atom. The summed E-state index contributed by atoms with van der Waals surface area (Å²) < 4.78 is 0.752. The Kier molecular flexibility index (Phi) is 4.84. The van der Waals surface area contributed by atoms with Crippen molar-refractivity contribution in [3.05, 3.63) is 0 Å². The first-order chi connectivity index (χ1) is 3.18. The van der Waals surface area contributed by atoms with Gasteiger partial charge in [-0.25, -0.2) is 0 Å². The summed E-state index contributed by atoms with van der Waals surface area (Å²) in [6, 6.07) is 0. The van der Waals surface area contributed by atoms with Crippen molar-refractivity contribution in [1.82, 2.24) is 0 Å². The summed E-state index contributed by atoms with van der Waals surface area (Å²) in [6.45, 7) is 4.40. The third kappa shape index (κ3) is 3.76. The highest BCUT2D eigenvalue weighted by atomic mass is 127. The van der Waals surface area contributed by atoms with Crippen molar-refractivity contribution in [3.63, 3.8) is 0 Å². The van der Waals surface area contributed by atoms with E-state index in [0.29, 0.717) is 4.83 Å². The lowest BCUT2D eigenvalue weighted by molar-refractivity contribution is 0.841. The van der Waals surface area contributed by atoms with Crippen LogP contribution in [0.3, 0.4) is 0 Å². The van der Waals surface area contributed by atoms with Crippen molar-refractivity contribution in [1.29, 1.82) is 0 Å². The molecule has 0 aromatic rings. The highest BCUT2D eigenvalue weighted by Crippen LogP contribution is 2.16. The van der Waals surface area contributed by atoms with E-state index in [1.165, 1.54) is 6.42 Å². The zero-order valence-corrected chi connectivity index (χ0v) is 8.36. The normalized spacial score (nSPS) is 18.9. The van der Waals surface area contributed by atoms with E-state index >= 15 is 0 Å². The predicted octanol–water partition coefficient (Wildman–Crippen LogP) is 2.98. The largest absolute Gasteiger partial charge is 0.0880 e. The molecule has 0 radical (unpaired) electrons. The average Bonchev–Trinajstić information content (AvgIpc) is 1.65. The Morgan fingerprint density at radius 1 is 1.71 bits per heavy atom. The maximum Gasteiger partial charge on any atom is 0.0258 e. The van der Waals surface area contributed by atoms with Crippen LogP contribution in [0.25, 0.3) is 0 Å². The summed E-state index contributed by atoms with van der Waals surface area (Å²) in [4.78, 5) is 0.702. The molecule has 44 valence electrons. The lowest BCUT2D eigenvalue weighted by Crippen LogP contribution is -2.06. The average molecular weight is 277 g/mol. The molecular formula is C5H10BrI. The molecule has 2 unspecified atom stereocenters. The fraction of sp³-hybridized carbons (Fsp3) is 1.00. The van der Waals surface area contributed by atoms with E-state index in [2.05, 4.69) is 52.4 Å². The minimum absolute atomic E-state index is 0.702. The molecule has 7 heavy (non-hydrogen) atoms. The van der Waals surface area contributed by atoms with Crippen molar-refractivity contribution in [2.24, 2.45) is 0 Å². The highest BCUT2D eigenvalue weighted by molar-refractivity contribution is 14.1. The topological polar surface area (TPSA) is 0 Å². The van der Waals surface area contributed by atoms with Crippen LogP contribution < -0.4 is 0 Å². The molecule has 0 saturated carbocycles. The number of alkyl halides is 2. The first kappa shape index (κ1) is 8.21. The summed E-state index contributed by atoms with van der Waals surface area (Å²) in [5, 5.41) is 0. The molecule has 0 saturated heterocycles. The van der Waals surface area contributed by atoms with Crippen LogP contribution in [0, 0.1) is 0 Å². The van der Waals surface area contributed by atoms with E-state index < -0.39 is 0 Å². The van der Waals surface area contributed by atoms with E-state index in [1.807, 2.05) is 0 Å². The van der Waals surface area contributed by atoms with Gasteiger partial charge >= 0.3 is 0 Å². The van der Waals surface area contributed by atoms with Gasteiger partial charge in [-0.3, -0.25) is 0 Å². The Balaban J connectivity index is 3.14. The minimum atomic E-state index is 0.702. The van der Waals surface area contributed by atoms with Gasteiger partial charge in [-0.15, -0.1) is 0 Å². The third-order valence-electron chi connectivity index (χ3n) is 0.888.